The lowest BCUT2D eigenvalue weighted by atomic mass is 10.2. The van der Waals surface area contributed by atoms with Crippen molar-refractivity contribution < 1.29 is 8.42 Å². The quantitative estimate of drug-likeness (QED) is 0.527. The van der Waals surface area contributed by atoms with Crippen LogP contribution in [-0.4, -0.2) is 31.2 Å². The molecule has 0 saturated carbocycles. The Bertz CT molecular complexity index is 851. The average Bonchev–Trinajstić information content (AvgIpc) is 3.07. The first-order valence-electron chi connectivity index (χ1n) is 7.27. The summed E-state index contributed by atoms with van der Waals surface area (Å²) in [6.07, 6.45) is 0. The number of nitrogens with zero attached hydrogens (tertiary/aromatic N) is 3. The maximum Gasteiger partial charge on any atom is 0.247 e. The molecule has 2 aromatic rings. The van der Waals surface area contributed by atoms with Crippen LogP contribution in [0.5, 0.6) is 0 Å². The number of aryl methyl sites for hydroxylation is 2. The monoisotopic (exact) mass is 370 g/mol. The first-order valence-corrected chi connectivity index (χ1v) is 9.63. The summed E-state index contributed by atoms with van der Waals surface area (Å²) < 4.78 is 24.6. The van der Waals surface area contributed by atoms with Crippen LogP contribution in [0.15, 0.2) is 21.3 Å². The Hall–Kier alpha value is -1.91. The molecule has 0 bridgehead atoms. The van der Waals surface area contributed by atoms with Crippen LogP contribution in [0.3, 0.4) is 0 Å². The molecule has 2 heterocycles. The molecule has 0 aromatic carbocycles. The summed E-state index contributed by atoms with van der Waals surface area (Å²) in [6.45, 7) is 5.07. The largest absolute Gasteiger partial charge is 0.352 e. The van der Waals surface area contributed by atoms with Gasteiger partial charge in [0.15, 0.2) is 5.96 Å². The highest BCUT2D eigenvalue weighted by Gasteiger charge is 2.12. The zero-order valence-corrected chi connectivity index (χ0v) is 15.8. The van der Waals surface area contributed by atoms with Crippen molar-refractivity contribution in [1.82, 2.24) is 20.4 Å². The zero-order valence-electron chi connectivity index (χ0n) is 14.1. The molecule has 2 rings (SSSR count). The van der Waals surface area contributed by atoms with Crippen LogP contribution < -0.4 is 15.8 Å². The van der Waals surface area contributed by atoms with E-state index >= 15 is 0 Å². The van der Waals surface area contributed by atoms with Gasteiger partial charge in [-0.1, -0.05) is 0 Å². The fourth-order valence-electron chi connectivity index (χ4n) is 2.24. The number of aromatic nitrogens is 2. The number of rotatable bonds is 5. The average molecular weight is 371 g/mol. The van der Waals surface area contributed by atoms with Crippen LogP contribution in [0.1, 0.15) is 21.8 Å². The third-order valence-corrected chi connectivity index (χ3v) is 6.19. The van der Waals surface area contributed by atoms with Crippen LogP contribution in [-0.2, 0) is 30.2 Å². The highest BCUT2D eigenvalue weighted by molar-refractivity contribution is 7.91. The predicted octanol–water partition coefficient (Wildman–Crippen LogP) is 0.611. The second kappa shape index (κ2) is 7.32. The summed E-state index contributed by atoms with van der Waals surface area (Å²) in [7, 11) is -0.0455. The number of nitrogens with two attached hydrogens (primary N) is 1. The predicted molar refractivity (Wildman–Crippen MR) is 95.4 cm³/mol. The Morgan fingerprint density at radius 3 is 2.50 bits per heavy atom. The summed E-state index contributed by atoms with van der Waals surface area (Å²) in [5, 5.41) is 15.9. The number of hydrogen-bond donors (Lipinski definition) is 3. The molecule has 10 heteroatoms. The Morgan fingerprint density at radius 1 is 1.33 bits per heavy atom. The van der Waals surface area contributed by atoms with Crippen molar-refractivity contribution in [3.63, 3.8) is 0 Å². The molecule has 0 spiro atoms. The highest BCUT2D eigenvalue weighted by Crippen LogP contribution is 2.19. The van der Waals surface area contributed by atoms with Gasteiger partial charge in [-0.2, -0.15) is 5.10 Å². The van der Waals surface area contributed by atoms with E-state index < -0.39 is 10.0 Å². The summed E-state index contributed by atoms with van der Waals surface area (Å²) in [5.74, 6) is 0.628. The lowest BCUT2D eigenvalue weighted by molar-refractivity contribution is 0.600. The Morgan fingerprint density at radius 2 is 2.00 bits per heavy atom. The summed E-state index contributed by atoms with van der Waals surface area (Å²) >= 11 is 1.14. The normalized spacial score (nSPS) is 12.5. The van der Waals surface area contributed by atoms with E-state index in [0.717, 1.165) is 33.2 Å². The van der Waals surface area contributed by atoms with Crippen LogP contribution in [0.4, 0.5) is 0 Å². The molecule has 0 aliphatic carbocycles. The molecule has 0 atom stereocenters. The van der Waals surface area contributed by atoms with Gasteiger partial charge in [-0.25, -0.2) is 13.6 Å². The molecule has 0 aliphatic heterocycles. The van der Waals surface area contributed by atoms with E-state index in [2.05, 4.69) is 20.7 Å². The molecule has 24 heavy (non-hydrogen) atoms. The number of hydrogen-bond acceptors (Lipinski definition) is 5. The van der Waals surface area contributed by atoms with E-state index in [1.165, 1.54) is 6.07 Å². The van der Waals surface area contributed by atoms with Crippen molar-refractivity contribution in [2.75, 3.05) is 7.05 Å². The van der Waals surface area contributed by atoms with Gasteiger partial charge in [-0.3, -0.25) is 9.67 Å². The van der Waals surface area contributed by atoms with Gasteiger partial charge >= 0.3 is 0 Å². The van der Waals surface area contributed by atoms with Crippen molar-refractivity contribution in [3.8, 4) is 0 Å². The van der Waals surface area contributed by atoms with E-state index in [9.17, 15) is 8.42 Å². The van der Waals surface area contributed by atoms with Crippen molar-refractivity contribution in [1.29, 1.82) is 0 Å². The van der Waals surface area contributed by atoms with Gasteiger partial charge in [0.1, 0.15) is 4.21 Å². The van der Waals surface area contributed by atoms with Crippen molar-refractivity contribution in [3.05, 3.63) is 34.0 Å². The van der Waals surface area contributed by atoms with Gasteiger partial charge < -0.3 is 10.6 Å². The van der Waals surface area contributed by atoms with Gasteiger partial charge in [0.2, 0.25) is 10.0 Å². The third kappa shape index (κ3) is 4.34. The second-order valence-electron chi connectivity index (χ2n) is 5.32. The molecule has 2 aromatic heterocycles. The van der Waals surface area contributed by atoms with E-state index in [0.29, 0.717) is 19.0 Å². The number of guanidine groups is 1. The number of nitrogens with one attached hydrogen (secondary N) is 2. The molecule has 0 amide bonds. The second-order valence-corrected chi connectivity index (χ2v) is 8.27. The number of primary sulfonamides is 1. The van der Waals surface area contributed by atoms with Crippen molar-refractivity contribution >= 4 is 27.3 Å². The fraction of sp³-hybridized carbons (Fsp3) is 0.429. The van der Waals surface area contributed by atoms with E-state index in [1.54, 1.807) is 13.1 Å². The van der Waals surface area contributed by atoms with Gasteiger partial charge in [-0.15, -0.1) is 11.3 Å². The third-order valence-electron chi connectivity index (χ3n) is 3.66. The fourth-order valence-corrected chi connectivity index (χ4v) is 3.96. The minimum Gasteiger partial charge on any atom is -0.352 e. The van der Waals surface area contributed by atoms with Crippen molar-refractivity contribution in [2.24, 2.45) is 17.2 Å². The first-order chi connectivity index (χ1) is 11.2. The van der Waals surface area contributed by atoms with Gasteiger partial charge in [0, 0.05) is 36.8 Å². The number of sulfonamides is 1. The van der Waals surface area contributed by atoms with Crippen molar-refractivity contribution in [2.45, 2.75) is 31.1 Å². The highest BCUT2D eigenvalue weighted by atomic mass is 32.2. The Labute approximate surface area is 145 Å². The Balaban J connectivity index is 1.95. The maximum atomic E-state index is 11.3. The SMILES string of the molecule is CN=C(NCc1ccc(S(N)(=O)=O)s1)NCc1c(C)nn(C)c1C. The zero-order chi connectivity index (χ0) is 17.9. The molecule has 132 valence electrons. The molecule has 0 fully saturated rings. The van der Waals surface area contributed by atoms with Gasteiger partial charge in [0.05, 0.1) is 12.2 Å². The van der Waals surface area contributed by atoms with Crippen LogP contribution in [0.25, 0.3) is 0 Å². The molecule has 0 saturated heterocycles. The topological polar surface area (TPSA) is 114 Å². The van der Waals surface area contributed by atoms with Gasteiger partial charge in [-0.05, 0) is 26.0 Å². The molecular weight excluding hydrogens is 348 g/mol. The number of aliphatic imine (C=N–C) groups is 1. The van der Waals surface area contributed by atoms with Crippen LogP contribution in [0, 0.1) is 13.8 Å². The minimum atomic E-state index is -3.64. The summed E-state index contributed by atoms with van der Waals surface area (Å²) in [5.41, 5.74) is 3.22. The van der Waals surface area contributed by atoms with E-state index in [4.69, 9.17) is 5.14 Å². The molecule has 0 unspecified atom stereocenters. The molecule has 8 nitrogen and oxygen atoms in total. The molecule has 0 aliphatic rings. The summed E-state index contributed by atoms with van der Waals surface area (Å²) in [6, 6.07) is 3.25. The van der Waals surface area contributed by atoms with Crippen LogP contribution in [0.2, 0.25) is 0 Å². The Kier molecular flexibility index (Phi) is 5.62. The minimum absolute atomic E-state index is 0.156. The standard InChI is InChI=1S/C14H22N6O2S2/c1-9-12(10(2)20(4)19-9)8-18-14(16-3)17-7-11-5-6-13(23-11)24(15,21)22/h5-6H,7-8H2,1-4H3,(H2,15,21,22)(H2,16,17,18). The van der Waals surface area contributed by atoms with E-state index in [1.807, 2.05) is 25.6 Å². The maximum absolute atomic E-state index is 11.3. The lowest BCUT2D eigenvalue weighted by Gasteiger charge is -2.11. The number of thiophene rings is 1. The summed E-state index contributed by atoms with van der Waals surface area (Å²) in [4.78, 5) is 5.03. The first kappa shape index (κ1) is 18.4. The van der Waals surface area contributed by atoms with Crippen LogP contribution >= 0.6 is 11.3 Å². The van der Waals surface area contributed by atoms with E-state index in [-0.39, 0.29) is 4.21 Å². The molecule has 0 radical (unpaired) electrons. The van der Waals surface area contributed by atoms with Gasteiger partial charge in [0.25, 0.3) is 0 Å². The molecular formula is C14H22N6O2S2. The lowest BCUT2D eigenvalue weighted by Crippen LogP contribution is -2.36. The smallest absolute Gasteiger partial charge is 0.247 e. The molecule has 4 N–H and O–H groups in total.